The van der Waals surface area contributed by atoms with Crippen molar-refractivity contribution < 1.29 is 9.59 Å². The SMILES string of the molecule is C#CCNC(=O)CNC(=O)NC[C@H]1CCCN(C)[C@H]1c1cnn(C)c1. The molecular formula is C17H26N6O2. The van der Waals surface area contributed by atoms with Gasteiger partial charge in [-0.2, -0.15) is 5.10 Å². The molecular weight excluding hydrogens is 320 g/mol. The Bertz CT molecular complexity index is 635. The molecule has 136 valence electrons. The van der Waals surface area contributed by atoms with E-state index in [0.29, 0.717) is 12.5 Å². The van der Waals surface area contributed by atoms with E-state index in [-0.39, 0.29) is 31.1 Å². The van der Waals surface area contributed by atoms with Gasteiger partial charge in [-0.25, -0.2) is 4.79 Å². The minimum absolute atomic E-state index is 0.0931. The fraction of sp³-hybridized carbons (Fsp3) is 0.588. The molecule has 0 spiro atoms. The molecule has 3 amide bonds. The van der Waals surface area contributed by atoms with Crippen molar-refractivity contribution in [1.29, 1.82) is 0 Å². The van der Waals surface area contributed by atoms with Crippen LogP contribution in [0.3, 0.4) is 0 Å². The molecule has 8 nitrogen and oxygen atoms in total. The Morgan fingerprint density at radius 1 is 1.36 bits per heavy atom. The van der Waals surface area contributed by atoms with Crippen LogP contribution < -0.4 is 16.0 Å². The Morgan fingerprint density at radius 2 is 2.16 bits per heavy atom. The molecule has 1 aliphatic rings. The number of carbonyl (C=O) groups excluding carboxylic acids is 2. The first-order chi connectivity index (χ1) is 12.0. The highest BCUT2D eigenvalue weighted by atomic mass is 16.2. The van der Waals surface area contributed by atoms with Gasteiger partial charge in [0.25, 0.3) is 0 Å². The summed E-state index contributed by atoms with van der Waals surface area (Å²) in [5, 5.41) is 12.2. The number of rotatable bonds is 6. The van der Waals surface area contributed by atoms with E-state index in [0.717, 1.165) is 24.9 Å². The fourth-order valence-corrected chi connectivity index (χ4v) is 3.25. The van der Waals surface area contributed by atoms with E-state index in [4.69, 9.17) is 6.42 Å². The average Bonchev–Trinajstić information content (AvgIpc) is 3.02. The van der Waals surface area contributed by atoms with Gasteiger partial charge in [-0.15, -0.1) is 6.42 Å². The summed E-state index contributed by atoms with van der Waals surface area (Å²) in [6.07, 6.45) is 11.1. The highest BCUT2D eigenvalue weighted by molar-refractivity contribution is 5.83. The Labute approximate surface area is 148 Å². The lowest BCUT2D eigenvalue weighted by molar-refractivity contribution is -0.119. The Balaban J connectivity index is 1.84. The number of hydrogen-bond donors (Lipinski definition) is 3. The first-order valence-electron chi connectivity index (χ1n) is 8.42. The van der Waals surface area contributed by atoms with Gasteiger partial charge >= 0.3 is 6.03 Å². The lowest BCUT2D eigenvalue weighted by Gasteiger charge is -2.38. The molecule has 1 aromatic rings. The third-order valence-electron chi connectivity index (χ3n) is 4.40. The van der Waals surface area contributed by atoms with Gasteiger partial charge in [-0.3, -0.25) is 14.4 Å². The van der Waals surface area contributed by atoms with Crippen molar-refractivity contribution in [2.75, 3.05) is 33.2 Å². The van der Waals surface area contributed by atoms with Gasteiger partial charge in [0.05, 0.1) is 19.3 Å². The van der Waals surface area contributed by atoms with E-state index in [9.17, 15) is 9.59 Å². The minimum Gasteiger partial charge on any atom is -0.344 e. The highest BCUT2D eigenvalue weighted by Gasteiger charge is 2.31. The molecule has 0 saturated carbocycles. The maximum absolute atomic E-state index is 11.9. The molecule has 2 heterocycles. The summed E-state index contributed by atoms with van der Waals surface area (Å²) in [7, 11) is 4.00. The van der Waals surface area contributed by atoms with Crippen molar-refractivity contribution in [2.45, 2.75) is 18.9 Å². The average molecular weight is 346 g/mol. The second kappa shape index (κ2) is 9.08. The van der Waals surface area contributed by atoms with E-state index in [1.165, 1.54) is 0 Å². The third kappa shape index (κ3) is 5.50. The maximum atomic E-state index is 11.9. The number of aromatic nitrogens is 2. The normalized spacial score (nSPS) is 20.5. The number of amides is 3. The van der Waals surface area contributed by atoms with Crippen LogP contribution >= 0.6 is 0 Å². The largest absolute Gasteiger partial charge is 0.344 e. The molecule has 0 aromatic carbocycles. The second-order valence-corrected chi connectivity index (χ2v) is 6.32. The lowest BCUT2D eigenvalue weighted by Crippen LogP contribution is -2.46. The van der Waals surface area contributed by atoms with Crippen LogP contribution in [0.4, 0.5) is 4.79 Å². The predicted octanol–water partition coefficient (Wildman–Crippen LogP) is -0.148. The van der Waals surface area contributed by atoms with Gasteiger partial charge in [-0.1, -0.05) is 5.92 Å². The summed E-state index contributed by atoms with van der Waals surface area (Å²) in [5.74, 6) is 2.30. The van der Waals surface area contributed by atoms with Gasteiger partial charge in [0, 0.05) is 31.4 Å². The van der Waals surface area contributed by atoms with E-state index in [1.54, 1.807) is 4.68 Å². The molecule has 2 atom stereocenters. The Morgan fingerprint density at radius 3 is 2.84 bits per heavy atom. The summed E-state index contributed by atoms with van der Waals surface area (Å²) in [6, 6.07) is -0.129. The van der Waals surface area contributed by atoms with Crippen LogP contribution in [0.1, 0.15) is 24.4 Å². The minimum atomic E-state index is -0.353. The van der Waals surface area contributed by atoms with E-state index in [1.807, 2.05) is 19.4 Å². The number of nitrogens with one attached hydrogen (secondary N) is 3. The summed E-state index contributed by atoms with van der Waals surface area (Å²) in [5.41, 5.74) is 1.16. The van der Waals surface area contributed by atoms with Crippen molar-refractivity contribution in [3.8, 4) is 12.3 Å². The number of piperidine rings is 1. The lowest BCUT2D eigenvalue weighted by atomic mass is 9.86. The third-order valence-corrected chi connectivity index (χ3v) is 4.40. The smallest absolute Gasteiger partial charge is 0.315 e. The summed E-state index contributed by atoms with van der Waals surface area (Å²) < 4.78 is 1.80. The van der Waals surface area contributed by atoms with E-state index < -0.39 is 0 Å². The quantitative estimate of drug-likeness (QED) is 0.625. The Kier molecular flexibility index (Phi) is 6.83. The second-order valence-electron chi connectivity index (χ2n) is 6.32. The molecule has 1 fully saturated rings. The summed E-state index contributed by atoms with van der Waals surface area (Å²) in [4.78, 5) is 25.7. The summed E-state index contributed by atoms with van der Waals surface area (Å²) >= 11 is 0. The number of urea groups is 1. The molecule has 0 bridgehead atoms. The van der Waals surface area contributed by atoms with Crippen LogP contribution in [0, 0.1) is 18.3 Å². The molecule has 1 aromatic heterocycles. The van der Waals surface area contributed by atoms with Crippen molar-refractivity contribution in [2.24, 2.45) is 13.0 Å². The molecule has 1 aliphatic heterocycles. The monoisotopic (exact) mass is 346 g/mol. The predicted molar refractivity (Wildman–Crippen MR) is 94.5 cm³/mol. The molecule has 0 aliphatic carbocycles. The van der Waals surface area contributed by atoms with Gasteiger partial charge in [0.15, 0.2) is 0 Å². The zero-order valence-corrected chi connectivity index (χ0v) is 14.8. The van der Waals surface area contributed by atoms with E-state index >= 15 is 0 Å². The van der Waals surface area contributed by atoms with Gasteiger partial charge < -0.3 is 16.0 Å². The summed E-state index contributed by atoms with van der Waals surface area (Å²) in [6.45, 7) is 1.63. The van der Waals surface area contributed by atoms with Crippen LogP contribution in [0.5, 0.6) is 0 Å². The van der Waals surface area contributed by atoms with E-state index in [2.05, 4.69) is 38.9 Å². The first kappa shape index (κ1) is 18.8. The van der Waals surface area contributed by atoms with Crippen LogP contribution in [0.15, 0.2) is 12.4 Å². The Hall–Kier alpha value is -2.53. The fourth-order valence-electron chi connectivity index (χ4n) is 3.25. The van der Waals surface area contributed by atoms with Gasteiger partial charge in [-0.05, 0) is 32.4 Å². The van der Waals surface area contributed by atoms with Crippen LogP contribution in [0.2, 0.25) is 0 Å². The van der Waals surface area contributed by atoms with Crippen molar-refractivity contribution in [1.82, 2.24) is 30.6 Å². The molecule has 3 N–H and O–H groups in total. The topological polar surface area (TPSA) is 91.3 Å². The molecule has 0 unspecified atom stereocenters. The maximum Gasteiger partial charge on any atom is 0.315 e. The molecule has 0 radical (unpaired) electrons. The van der Waals surface area contributed by atoms with Crippen LogP contribution in [0.25, 0.3) is 0 Å². The standard InChI is InChI=1S/C17H26N6O2/c1-4-7-18-15(24)11-20-17(25)19-9-13-6-5-8-22(2)16(13)14-10-21-23(3)12-14/h1,10,12-13,16H,5-9,11H2,2-3H3,(H,18,24)(H2,19,20,25)/t13-,16-/m1/s1. The zero-order valence-electron chi connectivity index (χ0n) is 14.8. The zero-order chi connectivity index (χ0) is 18.2. The van der Waals surface area contributed by atoms with Crippen LogP contribution in [-0.2, 0) is 11.8 Å². The highest BCUT2D eigenvalue weighted by Crippen LogP contribution is 2.34. The molecule has 1 saturated heterocycles. The van der Waals surface area contributed by atoms with Gasteiger partial charge in [0.1, 0.15) is 0 Å². The van der Waals surface area contributed by atoms with Crippen molar-refractivity contribution >= 4 is 11.9 Å². The number of hydrogen-bond acceptors (Lipinski definition) is 4. The number of nitrogens with zero attached hydrogens (tertiary/aromatic N) is 3. The van der Waals surface area contributed by atoms with Gasteiger partial charge in [0.2, 0.25) is 5.91 Å². The molecule has 25 heavy (non-hydrogen) atoms. The first-order valence-corrected chi connectivity index (χ1v) is 8.42. The van der Waals surface area contributed by atoms with Crippen LogP contribution in [-0.4, -0.2) is 59.8 Å². The molecule has 2 rings (SSSR count). The molecule has 8 heteroatoms. The van der Waals surface area contributed by atoms with Crippen molar-refractivity contribution in [3.05, 3.63) is 18.0 Å². The number of terminal acetylenes is 1. The number of likely N-dealkylation sites (tertiary alicyclic amines) is 1. The number of aryl methyl sites for hydroxylation is 1. The number of carbonyl (C=O) groups is 2. The van der Waals surface area contributed by atoms with Crippen molar-refractivity contribution in [3.63, 3.8) is 0 Å².